The second-order valence-electron chi connectivity index (χ2n) is 6.57. The van der Waals surface area contributed by atoms with E-state index in [-0.39, 0.29) is 5.91 Å². The van der Waals surface area contributed by atoms with Gasteiger partial charge in [0, 0.05) is 18.5 Å². The minimum atomic E-state index is -0.820. The molecule has 2 aromatic rings. The maximum absolute atomic E-state index is 13.0. The summed E-state index contributed by atoms with van der Waals surface area (Å²) in [5.74, 6) is -1.33. The zero-order chi connectivity index (χ0) is 17.3. The monoisotopic (exact) mass is 364 g/mol. The van der Waals surface area contributed by atoms with E-state index in [9.17, 15) is 14.7 Å². The summed E-state index contributed by atoms with van der Waals surface area (Å²) in [7, 11) is 0. The Morgan fingerprint density at radius 2 is 2.17 bits per heavy atom. The zero-order valence-electron chi connectivity index (χ0n) is 13.7. The highest BCUT2D eigenvalue weighted by Crippen LogP contribution is 2.34. The van der Waals surface area contributed by atoms with Crippen LogP contribution in [0.3, 0.4) is 0 Å². The summed E-state index contributed by atoms with van der Waals surface area (Å²) in [5.41, 5.74) is -0.00907. The van der Waals surface area contributed by atoms with Crippen molar-refractivity contribution in [1.82, 2.24) is 9.88 Å². The van der Waals surface area contributed by atoms with E-state index in [4.69, 9.17) is 0 Å². The van der Waals surface area contributed by atoms with Crippen molar-refractivity contribution in [3.8, 4) is 9.88 Å². The highest BCUT2D eigenvalue weighted by Gasteiger charge is 2.38. The number of likely N-dealkylation sites (tertiary alicyclic amines) is 1. The molecule has 1 N–H and O–H groups in total. The van der Waals surface area contributed by atoms with Gasteiger partial charge in [-0.05, 0) is 38.1 Å². The summed E-state index contributed by atoms with van der Waals surface area (Å²) in [6, 6.07) is 4.00. The van der Waals surface area contributed by atoms with Crippen molar-refractivity contribution in [2.24, 2.45) is 5.92 Å². The van der Waals surface area contributed by atoms with Gasteiger partial charge in [0.05, 0.1) is 21.9 Å². The number of hydrogen-bond donors (Lipinski definition) is 1. The third-order valence-corrected chi connectivity index (χ3v) is 6.35. The van der Waals surface area contributed by atoms with Crippen molar-refractivity contribution in [2.45, 2.75) is 32.1 Å². The van der Waals surface area contributed by atoms with Crippen LogP contribution >= 0.6 is 22.7 Å². The van der Waals surface area contributed by atoms with Gasteiger partial charge in [0.25, 0.3) is 0 Å². The Kier molecular flexibility index (Phi) is 4.73. The number of piperidine rings is 1. The second-order valence-corrected chi connectivity index (χ2v) is 8.37. The molecule has 0 bridgehead atoms. The van der Waals surface area contributed by atoms with Crippen molar-refractivity contribution in [2.75, 3.05) is 13.1 Å². The van der Waals surface area contributed by atoms with Crippen LogP contribution in [0.5, 0.6) is 0 Å². The maximum atomic E-state index is 13.0. The van der Waals surface area contributed by atoms with Crippen LogP contribution in [0.15, 0.2) is 22.9 Å². The predicted molar refractivity (Wildman–Crippen MR) is 95.4 cm³/mol. The summed E-state index contributed by atoms with van der Waals surface area (Å²) >= 11 is 3.17. The Labute approximate surface area is 149 Å². The number of amides is 1. The molecule has 1 aliphatic heterocycles. The van der Waals surface area contributed by atoms with Crippen LogP contribution in [0.2, 0.25) is 0 Å². The molecule has 128 valence electrons. The molecule has 1 amide bonds. The number of carbonyl (C=O) groups excluding carboxylic acids is 1. The number of aromatic nitrogens is 1. The smallest absolute Gasteiger partial charge is 0.308 e. The molecular weight excluding hydrogens is 344 g/mol. The second kappa shape index (κ2) is 6.64. The molecule has 0 spiro atoms. The molecule has 0 aliphatic carbocycles. The molecular formula is C17H20N2O3S2. The standard InChI is InChI=1S/C17H20N2O3S2/c1-17(2,13-10-24-14(18-13)12-6-4-8-23-12)16(22)19-7-3-5-11(9-19)15(20)21/h4,6,8,10-11H,3,5,7,9H2,1-2H3,(H,20,21). The van der Waals surface area contributed by atoms with Crippen molar-refractivity contribution in [1.29, 1.82) is 0 Å². The SMILES string of the molecule is CC(C)(C(=O)N1CCCC(C(=O)O)C1)c1csc(-c2cccs2)n1. The van der Waals surface area contributed by atoms with Crippen LogP contribution in [0.1, 0.15) is 32.4 Å². The third kappa shape index (κ3) is 3.23. The Balaban J connectivity index is 1.79. The van der Waals surface area contributed by atoms with Crippen LogP contribution in [0.25, 0.3) is 9.88 Å². The van der Waals surface area contributed by atoms with Crippen LogP contribution in [0.4, 0.5) is 0 Å². The molecule has 0 saturated carbocycles. The molecule has 1 unspecified atom stereocenters. The van der Waals surface area contributed by atoms with E-state index >= 15 is 0 Å². The number of carboxylic acids is 1. The van der Waals surface area contributed by atoms with Crippen LogP contribution < -0.4 is 0 Å². The van der Waals surface area contributed by atoms with Gasteiger partial charge in [-0.2, -0.15) is 0 Å². The third-order valence-electron chi connectivity index (χ3n) is 4.47. The zero-order valence-corrected chi connectivity index (χ0v) is 15.3. The van der Waals surface area contributed by atoms with Crippen molar-refractivity contribution >= 4 is 34.6 Å². The number of thiazole rings is 1. The number of hydrogen-bond acceptors (Lipinski definition) is 5. The molecule has 1 saturated heterocycles. The lowest BCUT2D eigenvalue weighted by atomic mass is 9.86. The number of carboxylic acid groups (broad SMARTS) is 1. The number of rotatable bonds is 4. The lowest BCUT2D eigenvalue weighted by Gasteiger charge is -2.35. The van der Waals surface area contributed by atoms with Gasteiger partial charge in [-0.1, -0.05) is 6.07 Å². The molecule has 3 heterocycles. The number of nitrogens with zero attached hydrogens (tertiary/aromatic N) is 2. The molecule has 2 aromatic heterocycles. The van der Waals surface area contributed by atoms with E-state index in [0.717, 1.165) is 22.0 Å². The first kappa shape index (κ1) is 17.1. The van der Waals surface area contributed by atoms with E-state index < -0.39 is 17.3 Å². The van der Waals surface area contributed by atoms with Gasteiger partial charge in [-0.15, -0.1) is 22.7 Å². The lowest BCUT2D eigenvalue weighted by molar-refractivity contribution is -0.147. The molecule has 3 rings (SSSR count). The molecule has 1 atom stereocenters. The van der Waals surface area contributed by atoms with Gasteiger partial charge < -0.3 is 10.0 Å². The first-order chi connectivity index (χ1) is 11.4. The van der Waals surface area contributed by atoms with Gasteiger partial charge >= 0.3 is 5.97 Å². The number of carbonyl (C=O) groups is 2. The summed E-state index contributed by atoms with van der Waals surface area (Å²) in [4.78, 5) is 31.7. The fourth-order valence-electron chi connectivity index (χ4n) is 2.94. The summed E-state index contributed by atoms with van der Waals surface area (Å²) in [6.07, 6.45) is 1.37. The normalized spacial score (nSPS) is 18.6. The van der Waals surface area contributed by atoms with E-state index in [2.05, 4.69) is 4.98 Å². The average Bonchev–Trinajstić information content (AvgIpc) is 3.25. The van der Waals surface area contributed by atoms with Gasteiger partial charge in [0.2, 0.25) is 5.91 Å². The average molecular weight is 364 g/mol. The summed E-state index contributed by atoms with van der Waals surface area (Å²) < 4.78 is 0. The minimum absolute atomic E-state index is 0.0449. The van der Waals surface area contributed by atoms with Gasteiger partial charge in [0.15, 0.2) is 0 Å². The largest absolute Gasteiger partial charge is 0.481 e. The van der Waals surface area contributed by atoms with Crippen LogP contribution in [0, 0.1) is 5.92 Å². The maximum Gasteiger partial charge on any atom is 0.308 e. The topological polar surface area (TPSA) is 70.5 Å². The van der Waals surface area contributed by atoms with Crippen molar-refractivity contribution in [3.63, 3.8) is 0 Å². The molecule has 1 aliphatic rings. The van der Waals surface area contributed by atoms with Gasteiger partial charge in [-0.25, -0.2) is 4.98 Å². The Morgan fingerprint density at radius 3 is 2.83 bits per heavy atom. The van der Waals surface area contributed by atoms with Crippen molar-refractivity contribution in [3.05, 3.63) is 28.6 Å². The number of thiophene rings is 1. The van der Waals surface area contributed by atoms with Crippen LogP contribution in [-0.2, 0) is 15.0 Å². The molecule has 0 radical (unpaired) electrons. The lowest BCUT2D eigenvalue weighted by Crippen LogP contribution is -2.49. The summed E-state index contributed by atoms with van der Waals surface area (Å²) in [5, 5.41) is 14.1. The van der Waals surface area contributed by atoms with E-state index in [1.807, 2.05) is 36.7 Å². The van der Waals surface area contributed by atoms with E-state index in [1.165, 1.54) is 11.3 Å². The minimum Gasteiger partial charge on any atom is -0.481 e. The van der Waals surface area contributed by atoms with Crippen molar-refractivity contribution < 1.29 is 14.7 Å². The van der Waals surface area contributed by atoms with Gasteiger partial charge in [0.1, 0.15) is 5.01 Å². The highest BCUT2D eigenvalue weighted by molar-refractivity contribution is 7.20. The Bertz CT molecular complexity index is 737. The fourth-order valence-corrected chi connectivity index (χ4v) is 4.74. The number of aliphatic carboxylic acids is 1. The molecule has 0 aromatic carbocycles. The Morgan fingerprint density at radius 1 is 1.38 bits per heavy atom. The predicted octanol–water partition coefficient (Wildman–Crippen LogP) is 3.47. The molecule has 5 nitrogen and oxygen atoms in total. The molecule has 1 fully saturated rings. The van der Waals surface area contributed by atoms with Gasteiger partial charge in [-0.3, -0.25) is 9.59 Å². The van der Waals surface area contributed by atoms with E-state index in [1.54, 1.807) is 16.2 Å². The quantitative estimate of drug-likeness (QED) is 0.902. The summed E-state index contributed by atoms with van der Waals surface area (Å²) in [6.45, 7) is 4.65. The van der Waals surface area contributed by atoms with E-state index in [0.29, 0.717) is 19.5 Å². The first-order valence-corrected chi connectivity index (χ1v) is 9.67. The molecule has 7 heteroatoms. The highest BCUT2D eigenvalue weighted by atomic mass is 32.1. The fraction of sp³-hybridized carbons (Fsp3) is 0.471. The first-order valence-electron chi connectivity index (χ1n) is 7.91. The molecule has 24 heavy (non-hydrogen) atoms. The van der Waals surface area contributed by atoms with Crippen LogP contribution in [-0.4, -0.2) is 40.0 Å². The Hall–Kier alpha value is -1.73.